The van der Waals surface area contributed by atoms with Crippen LogP contribution in [-0.2, 0) is 0 Å². The zero-order chi connectivity index (χ0) is 18.1. The van der Waals surface area contributed by atoms with Crippen molar-refractivity contribution in [2.45, 2.75) is 32.7 Å². The van der Waals surface area contributed by atoms with E-state index in [1.165, 1.54) is 6.07 Å². The fourth-order valence-electron chi connectivity index (χ4n) is 3.23. The summed E-state index contributed by atoms with van der Waals surface area (Å²) in [6.45, 7) is 5.10. The fourth-order valence-corrected chi connectivity index (χ4v) is 3.71. The molecule has 25 heavy (non-hydrogen) atoms. The van der Waals surface area contributed by atoms with Gasteiger partial charge in [0.25, 0.3) is 0 Å². The maximum Gasteiger partial charge on any atom is 0.140 e. The van der Waals surface area contributed by atoms with Crippen LogP contribution < -0.4 is 0 Å². The van der Waals surface area contributed by atoms with Gasteiger partial charge in [-0.2, -0.15) is 0 Å². The molecule has 3 nitrogen and oxygen atoms in total. The second kappa shape index (κ2) is 7.30. The maximum atomic E-state index is 14.0. The van der Waals surface area contributed by atoms with Gasteiger partial charge in [-0.05, 0) is 43.9 Å². The number of hydrogen-bond donors (Lipinski definition) is 1. The van der Waals surface area contributed by atoms with E-state index in [1.54, 1.807) is 24.3 Å². The number of amidine groups is 1. The molecule has 3 rings (SSSR count). The lowest BCUT2D eigenvalue weighted by molar-refractivity contribution is 0.206. The maximum absolute atomic E-state index is 14.0. The number of aromatic nitrogens is 1. The molecule has 132 valence electrons. The van der Waals surface area contributed by atoms with Gasteiger partial charge in [-0.3, -0.25) is 5.41 Å². The molecule has 0 bridgehead atoms. The molecule has 0 radical (unpaired) electrons. The van der Waals surface area contributed by atoms with Crippen molar-refractivity contribution in [2.75, 3.05) is 6.54 Å². The van der Waals surface area contributed by atoms with Crippen LogP contribution in [0.15, 0.2) is 30.3 Å². The lowest BCUT2D eigenvalue weighted by Gasteiger charge is -2.38. The predicted octanol–water partition coefficient (Wildman–Crippen LogP) is 5.64. The van der Waals surface area contributed by atoms with Gasteiger partial charge < -0.3 is 4.90 Å². The van der Waals surface area contributed by atoms with Crippen LogP contribution >= 0.6 is 23.2 Å². The van der Waals surface area contributed by atoms with E-state index in [0.29, 0.717) is 28.6 Å². The summed E-state index contributed by atoms with van der Waals surface area (Å²) in [4.78, 5) is 6.33. The van der Waals surface area contributed by atoms with E-state index in [2.05, 4.69) is 18.8 Å². The standard InChI is InChI=1S/C19H20Cl2FN3/c1-11-7-8-12(2)25(10-11)19(23)14-9-15(20)17(24-18(14)21)13-5-3-4-6-16(13)22/h3-6,9,11-12,23H,7-8,10H2,1-2H3/t11-,12-/m0/s1. The Morgan fingerprint density at radius 3 is 2.68 bits per heavy atom. The zero-order valence-corrected chi connectivity index (χ0v) is 15.7. The third-order valence-corrected chi connectivity index (χ3v) is 5.29. The van der Waals surface area contributed by atoms with Crippen LogP contribution in [0, 0.1) is 17.1 Å². The first-order chi connectivity index (χ1) is 11.9. The van der Waals surface area contributed by atoms with E-state index in [9.17, 15) is 4.39 Å². The summed E-state index contributed by atoms with van der Waals surface area (Å²) < 4.78 is 14.0. The van der Waals surface area contributed by atoms with Gasteiger partial charge >= 0.3 is 0 Å². The molecule has 1 N–H and O–H groups in total. The van der Waals surface area contributed by atoms with E-state index in [0.717, 1.165) is 19.4 Å². The van der Waals surface area contributed by atoms with Crippen molar-refractivity contribution in [2.24, 2.45) is 5.92 Å². The first-order valence-electron chi connectivity index (χ1n) is 8.35. The molecule has 2 heterocycles. The van der Waals surface area contributed by atoms with E-state index < -0.39 is 5.82 Å². The van der Waals surface area contributed by atoms with E-state index in [4.69, 9.17) is 28.6 Å². The van der Waals surface area contributed by atoms with Crippen molar-refractivity contribution in [1.29, 1.82) is 5.41 Å². The van der Waals surface area contributed by atoms with Gasteiger partial charge in [0, 0.05) is 18.2 Å². The summed E-state index contributed by atoms with van der Waals surface area (Å²) in [5.74, 6) is 0.434. The van der Waals surface area contributed by atoms with Gasteiger partial charge in [0.05, 0.1) is 16.3 Å². The topological polar surface area (TPSA) is 40.0 Å². The van der Waals surface area contributed by atoms with Crippen LogP contribution in [0.1, 0.15) is 32.3 Å². The normalized spacial score (nSPS) is 20.6. The summed E-state index contributed by atoms with van der Waals surface area (Å²) >= 11 is 12.7. The smallest absolute Gasteiger partial charge is 0.140 e. The third-order valence-electron chi connectivity index (χ3n) is 4.72. The molecule has 1 aromatic heterocycles. The Kier molecular flexibility index (Phi) is 5.30. The molecule has 1 aliphatic heterocycles. The zero-order valence-electron chi connectivity index (χ0n) is 14.2. The SMILES string of the molecule is C[C@H]1CC[C@H](C)N(C(=N)c2cc(Cl)c(-c3ccccc3F)nc2Cl)C1. The molecule has 0 unspecified atom stereocenters. The highest BCUT2D eigenvalue weighted by atomic mass is 35.5. The van der Waals surface area contributed by atoms with Crippen molar-refractivity contribution >= 4 is 29.0 Å². The Balaban J connectivity index is 1.98. The lowest BCUT2D eigenvalue weighted by Crippen LogP contribution is -2.45. The highest BCUT2D eigenvalue weighted by molar-refractivity contribution is 6.36. The number of benzene rings is 1. The molecule has 6 heteroatoms. The number of halogens is 3. The minimum atomic E-state index is -0.408. The molecule has 1 saturated heterocycles. The van der Waals surface area contributed by atoms with Gasteiger partial charge in [-0.1, -0.05) is 42.3 Å². The Morgan fingerprint density at radius 1 is 1.24 bits per heavy atom. The van der Waals surface area contributed by atoms with E-state index in [1.807, 2.05) is 4.90 Å². The van der Waals surface area contributed by atoms with Crippen molar-refractivity contribution in [3.8, 4) is 11.3 Å². The van der Waals surface area contributed by atoms with E-state index >= 15 is 0 Å². The van der Waals surface area contributed by atoms with Gasteiger partial charge in [-0.15, -0.1) is 0 Å². The van der Waals surface area contributed by atoms with Crippen LogP contribution in [0.3, 0.4) is 0 Å². The molecule has 1 fully saturated rings. The first-order valence-corrected chi connectivity index (χ1v) is 9.10. The Hall–Kier alpha value is -1.65. The molecular formula is C19H20Cl2FN3. The molecule has 1 aliphatic rings. The Bertz CT molecular complexity index is 809. The first kappa shape index (κ1) is 18.2. The summed E-state index contributed by atoms with van der Waals surface area (Å²) in [6.07, 6.45) is 2.19. The summed E-state index contributed by atoms with van der Waals surface area (Å²) in [7, 11) is 0. The largest absolute Gasteiger partial charge is 0.354 e. The quantitative estimate of drug-likeness (QED) is 0.416. The Labute approximate surface area is 157 Å². The molecule has 0 saturated carbocycles. The number of rotatable bonds is 2. The molecule has 0 spiro atoms. The average molecular weight is 380 g/mol. The van der Waals surface area contributed by atoms with Gasteiger partial charge in [0.15, 0.2) is 0 Å². The molecular weight excluding hydrogens is 360 g/mol. The average Bonchev–Trinajstić information content (AvgIpc) is 2.59. The van der Waals surface area contributed by atoms with Crippen molar-refractivity contribution in [3.63, 3.8) is 0 Å². The third kappa shape index (κ3) is 3.65. The summed E-state index contributed by atoms with van der Waals surface area (Å²) in [5.41, 5.74) is 1.07. The monoisotopic (exact) mass is 379 g/mol. The van der Waals surface area contributed by atoms with Crippen molar-refractivity contribution in [1.82, 2.24) is 9.88 Å². The van der Waals surface area contributed by atoms with Crippen LogP contribution in [0.4, 0.5) is 4.39 Å². The van der Waals surface area contributed by atoms with Crippen LogP contribution in [0.25, 0.3) is 11.3 Å². The van der Waals surface area contributed by atoms with Gasteiger partial charge in [0.2, 0.25) is 0 Å². The van der Waals surface area contributed by atoms with E-state index in [-0.39, 0.29) is 16.2 Å². The van der Waals surface area contributed by atoms with Gasteiger partial charge in [0.1, 0.15) is 16.8 Å². The molecule has 0 amide bonds. The lowest BCUT2D eigenvalue weighted by atomic mass is 9.94. The second-order valence-electron chi connectivity index (χ2n) is 6.67. The van der Waals surface area contributed by atoms with Crippen LogP contribution in [-0.4, -0.2) is 28.3 Å². The number of hydrogen-bond acceptors (Lipinski definition) is 2. The van der Waals surface area contributed by atoms with Crippen LogP contribution in [0.2, 0.25) is 10.2 Å². The van der Waals surface area contributed by atoms with Crippen molar-refractivity contribution < 1.29 is 4.39 Å². The molecule has 0 aliphatic carbocycles. The Morgan fingerprint density at radius 2 is 1.96 bits per heavy atom. The van der Waals surface area contributed by atoms with Gasteiger partial charge in [-0.25, -0.2) is 9.37 Å². The minimum Gasteiger partial charge on any atom is -0.354 e. The predicted molar refractivity (Wildman–Crippen MR) is 101 cm³/mol. The second-order valence-corrected chi connectivity index (χ2v) is 7.43. The highest BCUT2D eigenvalue weighted by Gasteiger charge is 2.27. The molecule has 1 aromatic carbocycles. The number of nitrogens with one attached hydrogen (secondary N) is 1. The number of likely N-dealkylation sites (tertiary alicyclic amines) is 1. The fraction of sp³-hybridized carbons (Fsp3) is 0.368. The van der Waals surface area contributed by atoms with Crippen LogP contribution in [0.5, 0.6) is 0 Å². The molecule has 2 aromatic rings. The molecule has 2 atom stereocenters. The van der Waals surface area contributed by atoms with Crippen molar-refractivity contribution in [3.05, 3.63) is 51.9 Å². The summed E-state index contributed by atoms with van der Waals surface area (Å²) in [5, 5.41) is 9.02. The summed E-state index contributed by atoms with van der Waals surface area (Å²) in [6, 6.07) is 8.18. The number of pyridine rings is 1. The minimum absolute atomic E-state index is 0.165. The number of piperidine rings is 1. The number of nitrogens with zero attached hydrogens (tertiary/aromatic N) is 2. The highest BCUT2D eigenvalue weighted by Crippen LogP contribution is 2.33.